The Balaban J connectivity index is 2.94. The average molecular weight is 195 g/mol. The van der Waals surface area contributed by atoms with Gasteiger partial charge in [-0.15, -0.1) is 24.0 Å². The first-order chi connectivity index (χ1) is 5.70. The largest absolute Gasteiger partial charge is 0.397 e. The Morgan fingerprint density at radius 3 is 3.00 bits per heavy atom. The van der Waals surface area contributed by atoms with Gasteiger partial charge in [-0.25, -0.2) is 0 Å². The number of hydrogen-bond donors (Lipinski definition) is 2. The van der Waals surface area contributed by atoms with Crippen LogP contribution in [0.5, 0.6) is 0 Å². The molecular formula is C9H9NS2. The van der Waals surface area contributed by atoms with Crippen LogP contribution in [-0.4, -0.2) is 0 Å². The van der Waals surface area contributed by atoms with Crippen molar-refractivity contribution in [2.45, 2.75) is 11.8 Å². The molecule has 1 nitrogen and oxygen atoms in total. The summed E-state index contributed by atoms with van der Waals surface area (Å²) in [7, 11) is 0. The van der Waals surface area contributed by atoms with E-state index in [2.05, 4.69) is 18.7 Å². The molecule has 1 aromatic carbocycles. The predicted octanol–water partition coefficient (Wildman–Crippen LogP) is 3.08. The smallest absolute Gasteiger partial charge is 0.0540 e. The summed E-state index contributed by atoms with van der Waals surface area (Å²) < 4.78 is 1.24. The van der Waals surface area contributed by atoms with Crippen LogP contribution in [0.4, 0.5) is 5.69 Å². The molecule has 12 heavy (non-hydrogen) atoms. The summed E-state index contributed by atoms with van der Waals surface area (Å²) in [4.78, 5) is 0.904. The van der Waals surface area contributed by atoms with E-state index in [9.17, 15) is 0 Å². The van der Waals surface area contributed by atoms with Crippen LogP contribution in [0, 0.1) is 6.92 Å². The highest BCUT2D eigenvalue weighted by Crippen LogP contribution is 2.33. The molecule has 0 atom stereocenters. The van der Waals surface area contributed by atoms with Gasteiger partial charge in [0.05, 0.1) is 5.69 Å². The molecule has 2 N–H and O–H groups in total. The molecule has 0 aliphatic heterocycles. The summed E-state index contributed by atoms with van der Waals surface area (Å²) in [5.74, 6) is 0. The third kappa shape index (κ3) is 1.01. The molecule has 2 aromatic rings. The summed E-state index contributed by atoms with van der Waals surface area (Å²) in [6, 6.07) is 4.16. The van der Waals surface area contributed by atoms with Gasteiger partial charge in [-0.2, -0.15) is 0 Å². The summed E-state index contributed by atoms with van der Waals surface area (Å²) in [5.41, 5.74) is 7.84. The molecule has 0 amide bonds. The maximum atomic E-state index is 5.89. The molecule has 0 aliphatic rings. The Bertz CT molecular complexity index is 431. The molecule has 0 aliphatic carbocycles. The molecule has 0 radical (unpaired) electrons. The van der Waals surface area contributed by atoms with Crippen LogP contribution in [0.1, 0.15) is 5.56 Å². The molecule has 0 fully saturated rings. The van der Waals surface area contributed by atoms with E-state index in [1.165, 1.54) is 4.70 Å². The van der Waals surface area contributed by atoms with Crippen molar-refractivity contribution in [1.29, 1.82) is 0 Å². The number of thiophene rings is 1. The van der Waals surface area contributed by atoms with Crippen molar-refractivity contribution in [3.05, 3.63) is 23.1 Å². The van der Waals surface area contributed by atoms with Crippen molar-refractivity contribution in [2.24, 2.45) is 0 Å². The molecule has 1 heterocycles. The topological polar surface area (TPSA) is 26.0 Å². The summed E-state index contributed by atoms with van der Waals surface area (Å²) >= 11 is 6.05. The molecular weight excluding hydrogens is 186 g/mol. The lowest BCUT2D eigenvalue weighted by Gasteiger charge is -2.04. The van der Waals surface area contributed by atoms with E-state index < -0.39 is 0 Å². The van der Waals surface area contributed by atoms with Gasteiger partial charge < -0.3 is 5.73 Å². The third-order valence-electron chi connectivity index (χ3n) is 1.96. The van der Waals surface area contributed by atoms with Gasteiger partial charge in [0.1, 0.15) is 0 Å². The fourth-order valence-corrected chi connectivity index (χ4v) is 2.35. The van der Waals surface area contributed by atoms with Crippen molar-refractivity contribution in [1.82, 2.24) is 0 Å². The molecule has 0 saturated carbocycles. The van der Waals surface area contributed by atoms with Crippen molar-refractivity contribution in [2.75, 3.05) is 5.73 Å². The molecule has 0 unspecified atom stereocenters. The Labute approximate surface area is 80.6 Å². The summed E-state index contributed by atoms with van der Waals surface area (Å²) in [6.07, 6.45) is 0. The zero-order valence-corrected chi connectivity index (χ0v) is 8.38. The van der Waals surface area contributed by atoms with Crippen molar-refractivity contribution >= 4 is 39.7 Å². The minimum atomic E-state index is 0.801. The van der Waals surface area contributed by atoms with Crippen LogP contribution in [0.15, 0.2) is 22.4 Å². The number of aryl methyl sites for hydroxylation is 1. The lowest BCUT2D eigenvalue weighted by Crippen LogP contribution is -1.89. The Hall–Kier alpha value is -0.670. The van der Waals surface area contributed by atoms with Crippen LogP contribution < -0.4 is 5.73 Å². The van der Waals surface area contributed by atoms with Crippen LogP contribution >= 0.6 is 24.0 Å². The maximum absolute atomic E-state index is 5.89. The summed E-state index contributed by atoms with van der Waals surface area (Å²) in [6.45, 7) is 2.03. The SMILES string of the molecule is Cc1cc2sccc2c(N)c1S. The maximum Gasteiger partial charge on any atom is 0.0540 e. The van der Waals surface area contributed by atoms with Crippen LogP contribution in [-0.2, 0) is 0 Å². The van der Waals surface area contributed by atoms with Gasteiger partial charge in [-0.3, -0.25) is 0 Å². The minimum absolute atomic E-state index is 0.801. The lowest BCUT2D eigenvalue weighted by molar-refractivity contribution is 1.35. The normalized spacial score (nSPS) is 10.8. The highest BCUT2D eigenvalue weighted by Gasteiger charge is 2.05. The molecule has 1 aromatic heterocycles. The highest BCUT2D eigenvalue weighted by molar-refractivity contribution is 7.80. The standard InChI is InChI=1S/C9H9NS2/c1-5-4-7-6(2-3-12-7)8(10)9(5)11/h2-4,11H,10H2,1H3. The van der Waals surface area contributed by atoms with E-state index in [-0.39, 0.29) is 0 Å². The van der Waals surface area contributed by atoms with Crippen molar-refractivity contribution in [3.8, 4) is 0 Å². The zero-order valence-electron chi connectivity index (χ0n) is 6.66. The van der Waals surface area contributed by atoms with Crippen molar-refractivity contribution < 1.29 is 0 Å². The number of benzene rings is 1. The number of nitrogens with two attached hydrogens (primary N) is 1. The second kappa shape index (κ2) is 2.68. The number of hydrogen-bond acceptors (Lipinski definition) is 3. The van der Waals surface area contributed by atoms with E-state index in [0.717, 1.165) is 21.5 Å². The minimum Gasteiger partial charge on any atom is -0.397 e. The number of fused-ring (bicyclic) bond motifs is 1. The van der Waals surface area contributed by atoms with E-state index in [0.29, 0.717) is 0 Å². The Morgan fingerprint density at radius 2 is 2.25 bits per heavy atom. The lowest BCUT2D eigenvalue weighted by atomic mass is 10.1. The van der Waals surface area contributed by atoms with E-state index in [1.54, 1.807) is 11.3 Å². The Morgan fingerprint density at radius 1 is 1.50 bits per heavy atom. The summed E-state index contributed by atoms with van der Waals surface area (Å²) in [5, 5.41) is 3.17. The molecule has 3 heteroatoms. The van der Waals surface area contributed by atoms with E-state index >= 15 is 0 Å². The molecule has 0 saturated heterocycles. The fraction of sp³-hybridized carbons (Fsp3) is 0.111. The van der Waals surface area contributed by atoms with Gasteiger partial charge in [0, 0.05) is 15.0 Å². The van der Waals surface area contributed by atoms with E-state index in [1.807, 2.05) is 18.4 Å². The Kier molecular flexibility index (Phi) is 1.77. The van der Waals surface area contributed by atoms with Crippen LogP contribution in [0.25, 0.3) is 10.1 Å². The number of thiol groups is 1. The highest BCUT2D eigenvalue weighted by atomic mass is 32.1. The number of anilines is 1. The average Bonchev–Trinajstić information content (AvgIpc) is 2.48. The monoisotopic (exact) mass is 195 g/mol. The predicted molar refractivity (Wildman–Crippen MR) is 58.2 cm³/mol. The van der Waals surface area contributed by atoms with Gasteiger partial charge in [-0.1, -0.05) is 0 Å². The van der Waals surface area contributed by atoms with Crippen molar-refractivity contribution in [3.63, 3.8) is 0 Å². The van der Waals surface area contributed by atoms with Crippen LogP contribution in [0.2, 0.25) is 0 Å². The quantitative estimate of drug-likeness (QED) is 0.490. The van der Waals surface area contributed by atoms with Gasteiger partial charge in [-0.05, 0) is 30.0 Å². The zero-order chi connectivity index (χ0) is 8.72. The molecule has 0 bridgehead atoms. The van der Waals surface area contributed by atoms with E-state index in [4.69, 9.17) is 5.73 Å². The first-order valence-corrected chi connectivity index (χ1v) is 4.98. The van der Waals surface area contributed by atoms with Gasteiger partial charge in [0.2, 0.25) is 0 Å². The number of nitrogen functional groups attached to an aromatic ring is 1. The second-order valence-electron chi connectivity index (χ2n) is 2.79. The number of rotatable bonds is 0. The first-order valence-electron chi connectivity index (χ1n) is 3.65. The second-order valence-corrected chi connectivity index (χ2v) is 4.18. The first kappa shape index (κ1) is 7.95. The van der Waals surface area contributed by atoms with Gasteiger partial charge in [0.25, 0.3) is 0 Å². The van der Waals surface area contributed by atoms with Crippen LogP contribution in [0.3, 0.4) is 0 Å². The fourth-order valence-electron chi connectivity index (χ4n) is 1.26. The third-order valence-corrected chi connectivity index (χ3v) is 3.42. The van der Waals surface area contributed by atoms with Gasteiger partial charge in [0.15, 0.2) is 0 Å². The molecule has 0 spiro atoms. The van der Waals surface area contributed by atoms with Gasteiger partial charge >= 0.3 is 0 Å². The molecule has 2 rings (SSSR count). The molecule has 62 valence electrons.